The third-order valence-electron chi connectivity index (χ3n) is 5.06. The monoisotopic (exact) mass is 365 g/mol. The Morgan fingerprint density at radius 1 is 0.880 bits per heavy atom. The summed E-state index contributed by atoms with van der Waals surface area (Å²) in [7, 11) is 4.44. The second kappa shape index (κ2) is 15.5. The molecule has 0 fully saturated rings. The van der Waals surface area contributed by atoms with Crippen LogP contribution in [0.15, 0.2) is 30.8 Å². The van der Waals surface area contributed by atoms with E-state index in [0.717, 1.165) is 6.42 Å². The van der Waals surface area contributed by atoms with Crippen LogP contribution in [0.1, 0.15) is 82.3 Å². The number of likely N-dealkylation sites (N-methyl/N-ethyl adjacent to an activating group) is 1. The van der Waals surface area contributed by atoms with Gasteiger partial charge >= 0.3 is 0 Å². The molecule has 0 aromatic heterocycles. The molecular weight excluding hydrogens is 326 g/mol. The van der Waals surface area contributed by atoms with E-state index in [1.54, 1.807) is 0 Å². The largest absolute Gasteiger partial charge is 0.306 e. The quantitative estimate of drug-likeness (QED) is 0.316. The number of nitrogens with zero attached hydrogens (tertiary/aromatic N) is 1. The lowest BCUT2D eigenvalue weighted by Crippen LogP contribution is -2.30. The zero-order valence-electron chi connectivity index (χ0n) is 16.8. The summed E-state index contributed by atoms with van der Waals surface area (Å²) in [6, 6.07) is 9.51. The van der Waals surface area contributed by atoms with Crippen LogP contribution in [-0.4, -0.2) is 25.0 Å². The Morgan fingerprint density at radius 3 is 1.88 bits per heavy atom. The molecule has 0 saturated carbocycles. The summed E-state index contributed by atoms with van der Waals surface area (Å²) in [5.41, 5.74) is 2.65. The van der Waals surface area contributed by atoms with Gasteiger partial charge in [0.25, 0.3) is 0 Å². The number of benzene rings is 1. The van der Waals surface area contributed by atoms with Gasteiger partial charge in [0.1, 0.15) is 0 Å². The molecule has 0 aliphatic carbocycles. The molecule has 1 rings (SSSR count). The van der Waals surface area contributed by atoms with Gasteiger partial charge in [0.2, 0.25) is 0 Å². The van der Waals surface area contributed by atoms with E-state index in [2.05, 4.69) is 56.8 Å². The Balaban J connectivity index is 0.00000576. The van der Waals surface area contributed by atoms with E-state index in [9.17, 15) is 0 Å². The van der Waals surface area contributed by atoms with E-state index in [4.69, 9.17) is 0 Å². The molecule has 0 aliphatic rings. The minimum atomic E-state index is 0. The van der Waals surface area contributed by atoms with Crippen LogP contribution in [0.4, 0.5) is 0 Å². The van der Waals surface area contributed by atoms with Crippen molar-refractivity contribution >= 4 is 18.5 Å². The van der Waals surface area contributed by atoms with Gasteiger partial charge in [-0.05, 0) is 38.1 Å². The van der Waals surface area contributed by atoms with E-state index in [1.807, 2.05) is 6.08 Å². The topological polar surface area (TPSA) is 3.24 Å². The van der Waals surface area contributed by atoms with Crippen molar-refractivity contribution in [2.75, 3.05) is 14.1 Å². The SMILES string of the molecule is C=Cc1ccc(CC(CCCCCCCCCCC)N(C)C)cc1.Cl. The van der Waals surface area contributed by atoms with E-state index >= 15 is 0 Å². The second-order valence-corrected chi connectivity index (χ2v) is 7.38. The van der Waals surface area contributed by atoms with Crippen molar-refractivity contribution in [3.05, 3.63) is 42.0 Å². The summed E-state index contributed by atoms with van der Waals surface area (Å²) in [6.07, 6.45) is 17.1. The average molecular weight is 366 g/mol. The van der Waals surface area contributed by atoms with Crippen LogP contribution >= 0.6 is 12.4 Å². The fourth-order valence-corrected chi connectivity index (χ4v) is 3.30. The second-order valence-electron chi connectivity index (χ2n) is 7.38. The molecule has 1 aromatic carbocycles. The predicted molar refractivity (Wildman–Crippen MR) is 117 cm³/mol. The number of rotatable bonds is 14. The fraction of sp³-hybridized carbons (Fsp3) is 0.652. The van der Waals surface area contributed by atoms with Gasteiger partial charge in [0.05, 0.1) is 0 Å². The van der Waals surface area contributed by atoms with Gasteiger partial charge in [-0.25, -0.2) is 0 Å². The molecule has 144 valence electrons. The lowest BCUT2D eigenvalue weighted by molar-refractivity contribution is 0.269. The number of hydrogen-bond acceptors (Lipinski definition) is 1. The first-order valence-electron chi connectivity index (χ1n) is 10.0. The van der Waals surface area contributed by atoms with Crippen molar-refractivity contribution in [3.8, 4) is 0 Å². The smallest absolute Gasteiger partial charge is 0.0130 e. The average Bonchev–Trinajstić information content (AvgIpc) is 2.59. The Kier molecular flexibility index (Phi) is 15.0. The van der Waals surface area contributed by atoms with Gasteiger partial charge in [-0.1, -0.05) is 102 Å². The van der Waals surface area contributed by atoms with Gasteiger partial charge in [0, 0.05) is 6.04 Å². The molecule has 1 aromatic rings. The van der Waals surface area contributed by atoms with Crippen LogP contribution < -0.4 is 0 Å². The van der Waals surface area contributed by atoms with E-state index in [-0.39, 0.29) is 12.4 Å². The lowest BCUT2D eigenvalue weighted by Gasteiger charge is -2.24. The Hall–Kier alpha value is -0.790. The van der Waals surface area contributed by atoms with Gasteiger partial charge in [-0.3, -0.25) is 0 Å². The van der Waals surface area contributed by atoms with Crippen LogP contribution in [-0.2, 0) is 6.42 Å². The van der Waals surface area contributed by atoms with E-state index in [1.165, 1.54) is 75.3 Å². The van der Waals surface area contributed by atoms with E-state index in [0.29, 0.717) is 6.04 Å². The number of halogens is 1. The van der Waals surface area contributed by atoms with Crippen LogP contribution in [0.5, 0.6) is 0 Å². The van der Waals surface area contributed by atoms with Gasteiger partial charge < -0.3 is 4.90 Å². The van der Waals surface area contributed by atoms with Crippen molar-refractivity contribution in [2.24, 2.45) is 0 Å². The first kappa shape index (κ1) is 24.2. The molecule has 2 heteroatoms. The van der Waals surface area contributed by atoms with Crippen LogP contribution in [0, 0.1) is 0 Å². The molecule has 0 bridgehead atoms. The molecule has 0 heterocycles. The maximum absolute atomic E-state index is 3.83. The summed E-state index contributed by atoms with van der Waals surface area (Å²) >= 11 is 0. The zero-order valence-corrected chi connectivity index (χ0v) is 17.6. The van der Waals surface area contributed by atoms with Gasteiger partial charge in [0.15, 0.2) is 0 Å². The molecule has 25 heavy (non-hydrogen) atoms. The van der Waals surface area contributed by atoms with Crippen molar-refractivity contribution in [1.29, 1.82) is 0 Å². The first-order chi connectivity index (χ1) is 11.7. The molecule has 0 saturated heterocycles. The van der Waals surface area contributed by atoms with Gasteiger partial charge in [-0.15, -0.1) is 12.4 Å². The maximum atomic E-state index is 3.83. The van der Waals surface area contributed by atoms with Crippen LogP contribution in [0.25, 0.3) is 6.08 Å². The molecule has 0 spiro atoms. The summed E-state index contributed by atoms with van der Waals surface area (Å²) in [5.74, 6) is 0. The molecule has 0 amide bonds. The third-order valence-corrected chi connectivity index (χ3v) is 5.06. The highest BCUT2D eigenvalue weighted by molar-refractivity contribution is 5.85. The predicted octanol–water partition coefficient (Wildman–Crippen LogP) is 7.15. The van der Waals surface area contributed by atoms with Crippen LogP contribution in [0.2, 0.25) is 0 Å². The van der Waals surface area contributed by atoms with E-state index < -0.39 is 0 Å². The van der Waals surface area contributed by atoms with Gasteiger partial charge in [-0.2, -0.15) is 0 Å². The highest BCUT2D eigenvalue weighted by Gasteiger charge is 2.11. The minimum absolute atomic E-state index is 0. The molecule has 1 unspecified atom stereocenters. The lowest BCUT2D eigenvalue weighted by atomic mass is 9.98. The highest BCUT2D eigenvalue weighted by atomic mass is 35.5. The summed E-state index contributed by atoms with van der Waals surface area (Å²) in [6.45, 7) is 6.11. The van der Waals surface area contributed by atoms with Crippen molar-refractivity contribution < 1.29 is 0 Å². The molecule has 1 atom stereocenters. The van der Waals surface area contributed by atoms with Crippen LogP contribution in [0.3, 0.4) is 0 Å². The fourth-order valence-electron chi connectivity index (χ4n) is 3.30. The van der Waals surface area contributed by atoms with Crippen molar-refractivity contribution in [2.45, 2.75) is 83.6 Å². The standard InChI is InChI=1S/C23H39N.ClH/c1-5-7-8-9-10-11-12-13-14-15-23(24(3)4)20-22-18-16-21(6-2)17-19-22;/h6,16-19,23H,2,5,7-15,20H2,1,3-4H3;1H. The maximum Gasteiger partial charge on any atom is 0.0130 e. The molecule has 1 nitrogen and oxygen atoms in total. The Bertz CT molecular complexity index is 424. The molecule has 0 aliphatic heterocycles. The zero-order chi connectivity index (χ0) is 17.6. The summed E-state index contributed by atoms with van der Waals surface area (Å²) < 4.78 is 0. The molecule has 0 radical (unpaired) electrons. The highest BCUT2D eigenvalue weighted by Crippen LogP contribution is 2.16. The Labute approximate surface area is 163 Å². The minimum Gasteiger partial charge on any atom is -0.306 e. The summed E-state index contributed by atoms with van der Waals surface area (Å²) in [5, 5.41) is 0. The third kappa shape index (κ3) is 11.4. The molecular formula is C23H40ClN. The Morgan fingerprint density at radius 2 is 1.40 bits per heavy atom. The van der Waals surface area contributed by atoms with Crippen molar-refractivity contribution in [1.82, 2.24) is 4.90 Å². The first-order valence-corrected chi connectivity index (χ1v) is 10.0. The normalized spacial score (nSPS) is 12.0. The number of unbranched alkanes of at least 4 members (excludes halogenated alkanes) is 8. The number of hydrogen-bond donors (Lipinski definition) is 0. The summed E-state index contributed by atoms with van der Waals surface area (Å²) in [4.78, 5) is 2.40. The van der Waals surface area contributed by atoms with Crippen molar-refractivity contribution in [3.63, 3.8) is 0 Å². The molecule has 0 N–H and O–H groups in total.